The van der Waals surface area contributed by atoms with E-state index in [-0.39, 0.29) is 12.2 Å². The summed E-state index contributed by atoms with van der Waals surface area (Å²) in [5.41, 5.74) is 7.25. The van der Waals surface area contributed by atoms with Crippen molar-refractivity contribution in [3.05, 3.63) is 59.4 Å². The molecule has 0 aliphatic carbocycles. The van der Waals surface area contributed by atoms with Crippen molar-refractivity contribution < 1.29 is 13.9 Å². The maximum absolute atomic E-state index is 12.7. The Morgan fingerprint density at radius 2 is 2.10 bits per heavy atom. The predicted octanol–water partition coefficient (Wildman–Crippen LogP) is 2.17. The SMILES string of the molecule is CC(C)(N)c1cncc(COC(=O)c2ccc(F)nc2)c1. The molecule has 21 heavy (non-hydrogen) atoms. The molecular formula is C15H16FN3O2. The average molecular weight is 289 g/mol. The van der Waals surface area contributed by atoms with Crippen LogP contribution in [0.2, 0.25) is 0 Å². The first-order valence-corrected chi connectivity index (χ1v) is 6.38. The highest BCUT2D eigenvalue weighted by atomic mass is 19.1. The van der Waals surface area contributed by atoms with Gasteiger partial charge in [-0.05, 0) is 37.6 Å². The van der Waals surface area contributed by atoms with E-state index in [9.17, 15) is 9.18 Å². The summed E-state index contributed by atoms with van der Waals surface area (Å²) >= 11 is 0. The Bertz CT molecular complexity index is 636. The fraction of sp³-hybridized carbons (Fsp3) is 0.267. The Balaban J connectivity index is 2.03. The van der Waals surface area contributed by atoms with Crippen LogP contribution >= 0.6 is 0 Å². The molecule has 0 aliphatic rings. The highest BCUT2D eigenvalue weighted by molar-refractivity contribution is 5.88. The van der Waals surface area contributed by atoms with Crippen molar-refractivity contribution >= 4 is 5.97 Å². The average Bonchev–Trinajstić information content (AvgIpc) is 2.45. The molecule has 0 saturated carbocycles. The number of halogens is 1. The summed E-state index contributed by atoms with van der Waals surface area (Å²) in [5.74, 6) is -1.21. The van der Waals surface area contributed by atoms with E-state index in [1.807, 2.05) is 19.9 Å². The molecule has 2 N–H and O–H groups in total. The molecule has 0 fully saturated rings. The monoisotopic (exact) mass is 289 g/mol. The van der Waals surface area contributed by atoms with E-state index >= 15 is 0 Å². The molecule has 0 amide bonds. The van der Waals surface area contributed by atoms with Crippen LogP contribution in [0, 0.1) is 5.95 Å². The lowest BCUT2D eigenvalue weighted by Gasteiger charge is -2.19. The van der Waals surface area contributed by atoms with Gasteiger partial charge in [-0.25, -0.2) is 9.78 Å². The lowest BCUT2D eigenvalue weighted by Crippen LogP contribution is -2.28. The second kappa shape index (κ2) is 5.97. The van der Waals surface area contributed by atoms with Crippen molar-refractivity contribution in [1.29, 1.82) is 0 Å². The maximum atomic E-state index is 12.7. The van der Waals surface area contributed by atoms with Gasteiger partial charge >= 0.3 is 5.97 Å². The first-order valence-electron chi connectivity index (χ1n) is 6.38. The molecule has 2 rings (SSSR count). The van der Waals surface area contributed by atoms with Crippen LogP contribution in [0.3, 0.4) is 0 Å². The zero-order chi connectivity index (χ0) is 15.5. The van der Waals surface area contributed by atoms with Crippen LogP contribution < -0.4 is 5.73 Å². The summed E-state index contributed by atoms with van der Waals surface area (Å²) < 4.78 is 17.8. The molecule has 0 aromatic carbocycles. The Kier molecular flexibility index (Phi) is 4.28. The molecular weight excluding hydrogens is 273 g/mol. The number of ether oxygens (including phenoxy) is 1. The summed E-state index contributed by atoms with van der Waals surface area (Å²) in [6.45, 7) is 3.79. The molecule has 0 atom stereocenters. The smallest absolute Gasteiger partial charge is 0.340 e. The molecule has 0 saturated heterocycles. The lowest BCUT2D eigenvalue weighted by molar-refractivity contribution is 0.0471. The number of hydrogen-bond acceptors (Lipinski definition) is 5. The number of aromatic nitrogens is 2. The molecule has 110 valence electrons. The van der Waals surface area contributed by atoms with Gasteiger partial charge in [0.2, 0.25) is 5.95 Å². The largest absolute Gasteiger partial charge is 0.457 e. The van der Waals surface area contributed by atoms with E-state index in [2.05, 4.69) is 9.97 Å². The molecule has 0 spiro atoms. The number of hydrogen-bond donors (Lipinski definition) is 1. The molecule has 2 aromatic rings. The van der Waals surface area contributed by atoms with Crippen molar-refractivity contribution in [2.75, 3.05) is 0 Å². The third-order valence-corrected chi connectivity index (χ3v) is 2.87. The number of nitrogens with two attached hydrogens (primary N) is 1. The van der Waals surface area contributed by atoms with Gasteiger partial charge in [0.05, 0.1) is 5.56 Å². The fourth-order valence-corrected chi connectivity index (χ4v) is 1.65. The minimum Gasteiger partial charge on any atom is -0.457 e. The topological polar surface area (TPSA) is 78.1 Å². The number of pyridine rings is 2. The summed E-state index contributed by atoms with van der Waals surface area (Å²) in [6.07, 6.45) is 4.41. The van der Waals surface area contributed by atoms with Gasteiger partial charge in [0.1, 0.15) is 6.61 Å². The van der Waals surface area contributed by atoms with Crippen molar-refractivity contribution in [1.82, 2.24) is 9.97 Å². The molecule has 5 nitrogen and oxygen atoms in total. The van der Waals surface area contributed by atoms with E-state index in [4.69, 9.17) is 10.5 Å². The molecule has 2 heterocycles. The van der Waals surface area contributed by atoms with Gasteiger partial charge in [0.25, 0.3) is 0 Å². The van der Waals surface area contributed by atoms with Gasteiger partial charge in [-0.2, -0.15) is 4.39 Å². The van der Waals surface area contributed by atoms with Crippen LogP contribution in [0.15, 0.2) is 36.8 Å². The van der Waals surface area contributed by atoms with Crippen LogP contribution in [0.5, 0.6) is 0 Å². The number of carbonyl (C=O) groups excluding carboxylic acids is 1. The van der Waals surface area contributed by atoms with Crippen molar-refractivity contribution in [2.45, 2.75) is 26.0 Å². The van der Waals surface area contributed by atoms with Gasteiger partial charge in [-0.1, -0.05) is 0 Å². The highest BCUT2D eigenvalue weighted by Crippen LogP contribution is 2.17. The molecule has 6 heteroatoms. The maximum Gasteiger partial charge on any atom is 0.340 e. The molecule has 0 aliphatic heterocycles. The lowest BCUT2D eigenvalue weighted by atomic mass is 9.96. The normalized spacial score (nSPS) is 11.2. The summed E-state index contributed by atoms with van der Waals surface area (Å²) in [6, 6.07) is 4.27. The van der Waals surface area contributed by atoms with Crippen LogP contribution in [-0.4, -0.2) is 15.9 Å². The summed E-state index contributed by atoms with van der Waals surface area (Å²) in [5, 5.41) is 0. The number of esters is 1. The third kappa shape index (κ3) is 4.06. The van der Waals surface area contributed by atoms with Crippen molar-refractivity contribution in [3.8, 4) is 0 Å². The predicted molar refractivity (Wildman–Crippen MR) is 74.8 cm³/mol. The Labute approximate surface area is 122 Å². The van der Waals surface area contributed by atoms with Gasteiger partial charge in [-0.3, -0.25) is 4.98 Å². The van der Waals surface area contributed by atoms with Crippen LogP contribution in [-0.2, 0) is 16.9 Å². The number of nitrogens with zero attached hydrogens (tertiary/aromatic N) is 2. The zero-order valence-corrected chi connectivity index (χ0v) is 11.8. The van der Waals surface area contributed by atoms with Crippen LogP contribution in [0.1, 0.15) is 35.3 Å². The highest BCUT2D eigenvalue weighted by Gasteiger charge is 2.15. The van der Waals surface area contributed by atoms with Crippen LogP contribution in [0.4, 0.5) is 4.39 Å². The Morgan fingerprint density at radius 1 is 1.33 bits per heavy atom. The third-order valence-electron chi connectivity index (χ3n) is 2.87. The fourth-order valence-electron chi connectivity index (χ4n) is 1.65. The standard InChI is InChI=1S/C15H16FN3O2/c1-15(2,17)12-5-10(6-18-8-12)9-21-14(20)11-3-4-13(16)19-7-11/h3-8H,9,17H2,1-2H3. The zero-order valence-electron chi connectivity index (χ0n) is 11.8. The second-order valence-electron chi connectivity index (χ2n) is 5.25. The van der Waals surface area contributed by atoms with E-state index in [1.54, 1.807) is 12.4 Å². The Hall–Kier alpha value is -2.34. The summed E-state index contributed by atoms with van der Waals surface area (Å²) in [7, 11) is 0. The summed E-state index contributed by atoms with van der Waals surface area (Å²) in [4.78, 5) is 19.3. The van der Waals surface area contributed by atoms with Gasteiger partial charge < -0.3 is 10.5 Å². The van der Waals surface area contributed by atoms with E-state index in [1.165, 1.54) is 6.07 Å². The van der Waals surface area contributed by atoms with E-state index in [0.29, 0.717) is 0 Å². The number of carbonyl (C=O) groups is 1. The Morgan fingerprint density at radius 3 is 2.71 bits per heavy atom. The van der Waals surface area contributed by atoms with Crippen molar-refractivity contribution in [2.24, 2.45) is 5.73 Å². The minimum atomic E-state index is -0.645. The number of rotatable bonds is 4. The molecule has 2 aromatic heterocycles. The van der Waals surface area contributed by atoms with Gasteiger partial charge in [0, 0.05) is 29.7 Å². The second-order valence-corrected chi connectivity index (χ2v) is 5.25. The van der Waals surface area contributed by atoms with Gasteiger partial charge in [-0.15, -0.1) is 0 Å². The first-order chi connectivity index (χ1) is 9.86. The van der Waals surface area contributed by atoms with Crippen molar-refractivity contribution in [3.63, 3.8) is 0 Å². The molecule has 0 unspecified atom stereocenters. The van der Waals surface area contributed by atoms with Gasteiger partial charge in [0.15, 0.2) is 0 Å². The molecule has 0 radical (unpaired) electrons. The first kappa shape index (κ1) is 15.1. The van der Waals surface area contributed by atoms with E-state index in [0.717, 1.165) is 23.4 Å². The van der Waals surface area contributed by atoms with E-state index < -0.39 is 17.5 Å². The molecule has 0 bridgehead atoms. The van der Waals surface area contributed by atoms with Crippen LogP contribution in [0.25, 0.3) is 0 Å². The quantitative estimate of drug-likeness (QED) is 0.689. The minimum absolute atomic E-state index is 0.0626.